The van der Waals surface area contributed by atoms with Crippen molar-refractivity contribution in [3.05, 3.63) is 23.8 Å². The van der Waals surface area contributed by atoms with E-state index in [1.165, 1.54) is 5.56 Å². The monoisotopic (exact) mass is 281 g/mol. The highest BCUT2D eigenvalue weighted by Crippen LogP contribution is 2.27. The Morgan fingerprint density at radius 1 is 1.10 bits per heavy atom. The van der Waals surface area contributed by atoms with Gasteiger partial charge in [-0.05, 0) is 36.6 Å². The molecule has 20 heavy (non-hydrogen) atoms. The summed E-state index contributed by atoms with van der Waals surface area (Å²) in [4.78, 5) is 0. The van der Waals surface area contributed by atoms with E-state index in [9.17, 15) is 0 Å². The van der Waals surface area contributed by atoms with Gasteiger partial charge in [0.05, 0.1) is 14.2 Å². The van der Waals surface area contributed by atoms with Gasteiger partial charge in [0.25, 0.3) is 0 Å². The van der Waals surface area contributed by atoms with Crippen LogP contribution in [-0.4, -0.2) is 34.0 Å². The molecule has 0 fully saturated rings. The summed E-state index contributed by atoms with van der Waals surface area (Å²) in [6.07, 6.45) is 1.03. The highest BCUT2D eigenvalue weighted by Gasteiger charge is 2.04. The molecule has 0 aliphatic heterocycles. The summed E-state index contributed by atoms with van der Waals surface area (Å²) < 4.78 is 16.0. The summed E-state index contributed by atoms with van der Waals surface area (Å²) in [5.41, 5.74) is 1.19. The van der Waals surface area contributed by atoms with Gasteiger partial charge in [-0.1, -0.05) is 19.9 Å². The highest BCUT2D eigenvalue weighted by atomic mass is 16.5. The minimum absolute atomic E-state index is 0.606. The Bertz CT molecular complexity index is 380. The zero-order valence-electron chi connectivity index (χ0n) is 13.1. The lowest BCUT2D eigenvalue weighted by molar-refractivity contribution is 0.108. The van der Waals surface area contributed by atoms with E-state index < -0.39 is 0 Å². The Labute approximate surface area is 122 Å². The molecule has 0 aromatic heterocycles. The topological polar surface area (TPSA) is 39.7 Å². The molecule has 0 spiro atoms. The van der Waals surface area contributed by atoms with Crippen LogP contribution in [0, 0.1) is 5.92 Å². The fraction of sp³-hybridized carbons (Fsp3) is 0.625. The molecule has 0 heterocycles. The third kappa shape index (κ3) is 6.26. The smallest absolute Gasteiger partial charge is 0.161 e. The van der Waals surface area contributed by atoms with E-state index in [-0.39, 0.29) is 0 Å². The lowest BCUT2D eigenvalue weighted by Crippen LogP contribution is -2.17. The first-order valence-electron chi connectivity index (χ1n) is 7.16. The van der Waals surface area contributed by atoms with Crippen LogP contribution in [0.3, 0.4) is 0 Å². The Balaban J connectivity index is 2.22. The molecule has 1 aromatic rings. The second kappa shape index (κ2) is 9.61. The third-order valence-electron chi connectivity index (χ3n) is 2.87. The van der Waals surface area contributed by atoms with Crippen molar-refractivity contribution in [1.29, 1.82) is 0 Å². The van der Waals surface area contributed by atoms with Crippen molar-refractivity contribution in [1.82, 2.24) is 5.32 Å². The summed E-state index contributed by atoms with van der Waals surface area (Å²) in [6.45, 7) is 7.76. The molecule has 1 aromatic carbocycles. The maximum atomic E-state index is 5.54. The van der Waals surface area contributed by atoms with E-state index in [1.54, 1.807) is 14.2 Å². The predicted molar refractivity (Wildman–Crippen MR) is 81.5 cm³/mol. The van der Waals surface area contributed by atoms with E-state index in [4.69, 9.17) is 14.2 Å². The molecule has 4 nitrogen and oxygen atoms in total. The number of rotatable bonds is 10. The van der Waals surface area contributed by atoms with Gasteiger partial charge in [-0.15, -0.1) is 0 Å². The van der Waals surface area contributed by atoms with Crippen LogP contribution in [0.25, 0.3) is 0 Å². The van der Waals surface area contributed by atoms with Crippen LogP contribution < -0.4 is 14.8 Å². The Morgan fingerprint density at radius 3 is 2.50 bits per heavy atom. The number of hydrogen-bond donors (Lipinski definition) is 1. The van der Waals surface area contributed by atoms with Crippen molar-refractivity contribution < 1.29 is 14.2 Å². The maximum Gasteiger partial charge on any atom is 0.161 e. The van der Waals surface area contributed by atoms with Crippen LogP contribution in [0.4, 0.5) is 0 Å². The summed E-state index contributed by atoms with van der Waals surface area (Å²) in [7, 11) is 3.30. The lowest BCUT2D eigenvalue weighted by atomic mass is 10.2. The van der Waals surface area contributed by atoms with Gasteiger partial charge in [0.15, 0.2) is 11.5 Å². The summed E-state index contributed by atoms with van der Waals surface area (Å²) in [5.74, 6) is 2.14. The molecule has 0 bridgehead atoms. The molecule has 0 unspecified atom stereocenters. The van der Waals surface area contributed by atoms with Crippen molar-refractivity contribution in [2.24, 2.45) is 5.92 Å². The van der Waals surface area contributed by atoms with Crippen LogP contribution in [0.15, 0.2) is 18.2 Å². The lowest BCUT2D eigenvalue weighted by Gasteiger charge is -2.10. The van der Waals surface area contributed by atoms with Crippen LogP contribution in [0.1, 0.15) is 25.8 Å². The van der Waals surface area contributed by atoms with E-state index in [0.29, 0.717) is 5.92 Å². The summed E-state index contributed by atoms with van der Waals surface area (Å²) in [6, 6.07) is 5.98. The molecule has 1 rings (SSSR count). The Hall–Kier alpha value is -1.26. The molecule has 0 amide bonds. The van der Waals surface area contributed by atoms with Crippen molar-refractivity contribution in [2.75, 3.05) is 34.0 Å². The van der Waals surface area contributed by atoms with Crippen molar-refractivity contribution in [3.63, 3.8) is 0 Å². The standard InChI is InChI=1S/C16H27NO3/c1-13(2)12-20-9-5-8-17-11-14-6-7-15(18-3)16(10-14)19-4/h6-7,10,13,17H,5,8-9,11-12H2,1-4H3. The van der Waals surface area contributed by atoms with Crippen LogP contribution >= 0.6 is 0 Å². The second-order valence-electron chi connectivity index (χ2n) is 5.19. The van der Waals surface area contributed by atoms with Crippen molar-refractivity contribution in [2.45, 2.75) is 26.8 Å². The predicted octanol–water partition coefficient (Wildman–Crippen LogP) is 2.86. The normalized spacial score (nSPS) is 10.8. The molecule has 0 atom stereocenters. The van der Waals surface area contributed by atoms with Crippen molar-refractivity contribution >= 4 is 0 Å². The number of hydrogen-bond acceptors (Lipinski definition) is 4. The SMILES string of the molecule is COc1ccc(CNCCCOCC(C)C)cc1OC. The molecule has 4 heteroatoms. The van der Waals surface area contributed by atoms with Gasteiger partial charge in [0, 0.05) is 19.8 Å². The molecular weight excluding hydrogens is 254 g/mol. The maximum absolute atomic E-state index is 5.54. The number of ether oxygens (including phenoxy) is 3. The first-order chi connectivity index (χ1) is 9.67. The Morgan fingerprint density at radius 2 is 1.85 bits per heavy atom. The molecule has 0 saturated heterocycles. The number of benzene rings is 1. The minimum atomic E-state index is 0.606. The van der Waals surface area contributed by atoms with Crippen LogP contribution in [0.2, 0.25) is 0 Å². The van der Waals surface area contributed by atoms with Gasteiger partial charge in [0.2, 0.25) is 0 Å². The first kappa shape index (κ1) is 16.8. The zero-order chi connectivity index (χ0) is 14.8. The number of methoxy groups -OCH3 is 2. The third-order valence-corrected chi connectivity index (χ3v) is 2.87. The van der Waals surface area contributed by atoms with E-state index in [1.807, 2.05) is 18.2 Å². The summed E-state index contributed by atoms with van der Waals surface area (Å²) >= 11 is 0. The van der Waals surface area contributed by atoms with Gasteiger partial charge in [0.1, 0.15) is 0 Å². The van der Waals surface area contributed by atoms with E-state index >= 15 is 0 Å². The fourth-order valence-electron chi connectivity index (χ4n) is 1.84. The van der Waals surface area contributed by atoms with Gasteiger partial charge in [-0.2, -0.15) is 0 Å². The van der Waals surface area contributed by atoms with Gasteiger partial charge >= 0.3 is 0 Å². The quantitative estimate of drug-likeness (QED) is 0.669. The van der Waals surface area contributed by atoms with Crippen LogP contribution in [0.5, 0.6) is 11.5 Å². The molecule has 0 saturated carbocycles. The largest absolute Gasteiger partial charge is 0.493 e. The van der Waals surface area contributed by atoms with E-state index in [0.717, 1.165) is 44.2 Å². The van der Waals surface area contributed by atoms with E-state index in [2.05, 4.69) is 19.2 Å². The average molecular weight is 281 g/mol. The second-order valence-corrected chi connectivity index (χ2v) is 5.19. The average Bonchev–Trinajstić information content (AvgIpc) is 2.45. The number of nitrogens with one attached hydrogen (secondary N) is 1. The summed E-state index contributed by atoms with van der Waals surface area (Å²) in [5, 5.41) is 3.40. The van der Waals surface area contributed by atoms with Gasteiger partial charge < -0.3 is 19.5 Å². The minimum Gasteiger partial charge on any atom is -0.493 e. The molecule has 114 valence electrons. The molecule has 0 aliphatic carbocycles. The van der Waals surface area contributed by atoms with Gasteiger partial charge in [-0.25, -0.2) is 0 Å². The molecule has 0 radical (unpaired) electrons. The van der Waals surface area contributed by atoms with Gasteiger partial charge in [-0.3, -0.25) is 0 Å². The molecule has 1 N–H and O–H groups in total. The van der Waals surface area contributed by atoms with Crippen LogP contribution in [-0.2, 0) is 11.3 Å². The first-order valence-corrected chi connectivity index (χ1v) is 7.16. The Kier molecular flexibility index (Phi) is 8.07. The molecular formula is C16H27NO3. The fourth-order valence-corrected chi connectivity index (χ4v) is 1.84. The molecule has 0 aliphatic rings. The van der Waals surface area contributed by atoms with Crippen molar-refractivity contribution in [3.8, 4) is 11.5 Å². The zero-order valence-corrected chi connectivity index (χ0v) is 13.1. The highest BCUT2D eigenvalue weighted by molar-refractivity contribution is 5.42.